The summed E-state index contributed by atoms with van der Waals surface area (Å²) in [5, 5.41) is 21.8. The molecule has 8 heteroatoms. The van der Waals surface area contributed by atoms with Crippen LogP contribution >= 0.6 is 0 Å². The van der Waals surface area contributed by atoms with Gasteiger partial charge in [0.2, 0.25) is 11.8 Å². The zero-order valence-corrected chi connectivity index (χ0v) is 9.93. The molecule has 0 aliphatic heterocycles. The van der Waals surface area contributed by atoms with Crippen molar-refractivity contribution in [2.75, 3.05) is 6.54 Å². The monoisotopic (exact) mass is 260 g/mol. The van der Waals surface area contributed by atoms with E-state index in [2.05, 4.69) is 10.6 Å². The number of amides is 2. The van der Waals surface area contributed by atoms with Crippen LogP contribution in [0, 0.1) is 0 Å². The van der Waals surface area contributed by atoms with Gasteiger partial charge in [0.15, 0.2) is 0 Å². The minimum Gasteiger partial charge on any atom is -0.481 e. The molecular weight excluding hydrogens is 244 g/mol. The van der Waals surface area contributed by atoms with Gasteiger partial charge in [0.25, 0.3) is 0 Å². The predicted octanol–water partition coefficient (Wildman–Crippen LogP) is -1.05. The summed E-state index contributed by atoms with van der Waals surface area (Å²) in [7, 11) is 0. The molecule has 0 aromatic carbocycles. The van der Waals surface area contributed by atoms with Crippen molar-refractivity contribution in [3.05, 3.63) is 0 Å². The van der Waals surface area contributed by atoms with Crippen LogP contribution in [0.25, 0.3) is 0 Å². The molecule has 0 aromatic rings. The summed E-state index contributed by atoms with van der Waals surface area (Å²) in [5.41, 5.74) is 0. The van der Waals surface area contributed by atoms with Crippen molar-refractivity contribution >= 4 is 23.8 Å². The quantitative estimate of drug-likeness (QED) is 0.440. The minimum atomic E-state index is -1.29. The van der Waals surface area contributed by atoms with E-state index in [0.717, 1.165) is 0 Å². The molecule has 18 heavy (non-hydrogen) atoms. The van der Waals surface area contributed by atoms with Crippen LogP contribution in [0.3, 0.4) is 0 Å². The second kappa shape index (κ2) is 8.04. The van der Waals surface area contributed by atoms with Gasteiger partial charge in [0.1, 0.15) is 6.04 Å². The third kappa shape index (κ3) is 8.08. The maximum atomic E-state index is 11.3. The van der Waals surface area contributed by atoms with E-state index in [1.807, 2.05) is 0 Å². The molecule has 0 saturated carbocycles. The molecule has 0 unspecified atom stereocenters. The average Bonchev–Trinajstić information content (AvgIpc) is 2.22. The van der Waals surface area contributed by atoms with E-state index in [1.54, 1.807) is 0 Å². The van der Waals surface area contributed by atoms with E-state index in [4.69, 9.17) is 10.2 Å². The van der Waals surface area contributed by atoms with Crippen LogP contribution < -0.4 is 10.6 Å². The Morgan fingerprint density at radius 2 is 1.72 bits per heavy atom. The minimum absolute atomic E-state index is 0.0591. The number of carboxylic acids is 2. The van der Waals surface area contributed by atoms with Gasteiger partial charge in [-0.3, -0.25) is 14.4 Å². The topological polar surface area (TPSA) is 133 Å². The highest BCUT2D eigenvalue weighted by molar-refractivity contribution is 5.84. The second-order valence-electron chi connectivity index (χ2n) is 3.62. The maximum Gasteiger partial charge on any atom is 0.326 e. The van der Waals surface area contributed by atoms with Crippen LogP contribution in [-0.4, -0.2) is 46.6 Å². The molecule has 1 atom stereocenters. The van der Waals surface area contributed by atoms with Gasteiger partial charge in [-0.25, -0.2) is 4.79 Å². The molecule has 0 aliphatic rings. The highest BCUT2D eigenvalue weighted by Gasteiger charge is 2.20. The fraction of sp³-hybridized carbons (Fsp3) is 0.600. The first-order valence-electron chi connectivity index (χ1n) is 5.31. The predicted molar refractivity (Wildman–Crippen MR) is 59.7 cm³/mol. The lowest BCUT2D eigenvalue weighted by molar-refractivity contribution is -0.143. The van der Waals surface area contributed by atoms with Crippen molar-refractivity contribution in [1.29, 1.82) is 0 Å². The number of carbonyl (C=O) groups excluding carboxylic acids is 2. The van der Waals surface area contributed by atoms with Gasteiger partial charge in [0.05, 0.1) is 0 Å². The van der Waals surface area contributed by atoms with Gasteiger partial charge < -0.3 is 20.8 Å². The largest absolute Gasteiger partial charge is 0.481 e. The number of hydrogen-bond acceptors (Lipinski definition) is 4. The standard InChI is InChI=1S/C10H16N2O6/c1-6(13)11-5-4-8(14)12-7(10(17)18)2-3-9(15)16/h7H,2-5H2,1H3,(H,11,13)(H,12,14)(H,15,16)(H,17,18)/t7-/m0/s1. The molecule has 4 N–H and O–H groups in total. The lowest BCUT2D eigenvalue weighted by Crippen LogP contribution is -2.42. The molecule has 0 radical (unpaired) electrons. The third-order valence-electron chi connectivity index (χ3n) is 2.01. The normalized spacial score (nSPS) is 11.4. The van der Waals surface area contributed by atoms with Crippen molar-refractivity contribution in [2.24, 2.45) is 0 Å². The first-order chi connectivity index (χ1) is 8.32. The van der Waals surface area contributed by atoms with Crippen molar-refractivity contribution in [1.82, 2.24) is 10.6 Å². The number of rotatable bonds is 8. The Bertz CT molecular complexity index is 341. The van der Waals surface area contributed by atoms with Gasteiger partial charge in [-0.1, -0.05) is 0 Å². The molecule has 8 nitrogen and oxygen atoms in total. The summed E-state index contributed by atoms with van der Waals surface area (Å²) in [5.74, 6) is -3.26. The lowest BCUT2D eigenvalue weighted by Gasteiger charge is -2.13. The van der Waals surface area contributed by atoms with E-state index >= 15 is 0 Å². The third-order valence-corrected chi connectivity index (χ3v) is 2.01. The fourth-order valence-electron chi connectivity index (χ4n) is 1.14. The van der Waals surface area contributed by atoms with E-state index in [9.17, 15) is 19.2 Å². The molecule has 0 fully saturated rings. The summed E-state index contributed by atoms with van der Waals surface area (Å²) in [6.07, 6.45) is -0.587. The molecule has 102 valence electrons. The molecule has 0 bridgehead atoms. The number of carbonyl (C=O) groups is 4. The zero-order valence-electron chi connectivity index (χ0n) is 9.93. The van der Waals surface area contributed by atoms with Crippen molar-refractivity contribution in [2.45, 2.75) is 32.2 Å². The highest BCUT2D eigenvalue weighted by Crippen LogP contribution is 1.98. The number of aliphatic carboxylic acids is 2. The van der Waals surface area contributed by atoms with Gasteiger partial charge in [-0.15, -0.1) is 0 Å². The summed E-state index contributed by atoms with van der Waals surface area (Å²) in [6, 6.07) is -1.23. The molecule has 0 aromatic heterocycles. The van der Waals surface area contributed by atoms with Gasteiger partial charge in [-0.2, -0.15) is 0 Å². The first kappa shape index (κ1) is 15.9. The Labute approximate surface area is 103 Å². The van der Waals surface area contributed by atoms with Crippen molar-refractivity contribution in [3.63, 3.8) is 0 Å². The number of carboxylic acid groups (broad SMARTS) is 2. The summed E-state index contributed by atoms with van der Waals surface area (Å²) in [6.45, 7) is 1.40. The maximum absolute atomic E-state index is 11.3. The Morgan fingerprint density at radius 1 is 1.11 bits per heavy atom. The van der Waals surface area contributed by atoms with Crippen LogP contribution in [0.2, 0.25) is 0 Å². The van der Waals surface area contributed by atoms with E-state index in [1.165, 1.54) is 6.92 Å². The van der Waals surface area contributed by atoms with E-state index in [-0.39, 0.29) is 31.7 Å². The van der Waals surface area contributed by atoms with Gasteiger partial charge >= 0.3 is 11.9 Å². The number of nitrogens with one attached hydrogen (secondary N) is 2. The summed E-state index contributed by atoms with van der Waals surface area (Å²) >= 11 is 0. The average molecular weight is 260 g/mol. The molecule has 2 amide bonds. The first-order valence-corrected chi connectivity index (χ1v) is 5.31. The van der Waals surface area contributed by atoms with Crippen molar-refractivity contribution < 1.29 is 29.4 Å². The van der Waals surface area contributed by atoms with Crippen molar-refractivity contribution in [3.8, 4) is 0 Å². The summed E-state index contributed by atoms with van der Waals surface area (Å²) in [4.78, 5) is 42.9. The second-order valence-corrected chi connectivity index (χ2v) is 3.62. The summed E-state index contributed by atoms with van der Waals surface area (Å²) < 4.78 is 0. The Hall–Kier alpha value is -2.12. The fourth-order valence-corrected chi connectivity index (χ4v) is 1.14. The van der Waals surface area contributed by atoms with Crippen LogP contribution in [0.4, 0.5) is 0 Å². The molecule has 0 spiro atoms. The van der Waals surface area contributed by atoms with Crippen LogP contribution in [0.5, 0.6) is 0 Å². The molecule has 0 aliphatic carbocycles. The lowest BCUT2D eigenvalue weighted by atomic mass is 10.1. The van der Waals surface area contributed by atoms with E-state index < -0.39 is 23.9 Å². The molecule has 0 rings (SSSR count). The SMILES string of the molecule is CC(=O)NCCC(=O)N[C@@H](CCC(=O)O)C(=O)O. The van der Waals surface area contributed by atoms with Crippen LogP contribution in [-0.2, 0) is 19.2 Å². The van der Waals surface area contributed by atoms with Gasteiger partial charge in [0, 0.05) is 26.3 Å². The van der Waals surface area contributed by atoms with Crippen LogP contribution in [0.1, 0.15) is 26.2 Å². The molecular formula is C10H16N2O6. The van der Waals surface area contributed by atoms with Crippen LogP contribution in [0.15, 0.2) is 0 Å². The highest BCUT2D eigenvalue weighted by atomic mass is 16.4. The molecule has 0 heterocycles. The van der Waals surface area contributed by atoms with Gasteiger partial charge in [-0.05, 0) is 6.42 Å². The Kier molecular flexibility index (Phi) is 7.10. The smallest absolute Gasteiger partial charge is 0.326 e. The molecule has 0 saturated heterocycles. The number of hydrogen-bond donors (Lipinski definition) is 4. The Morgan fingerprint density at radius 3 is 2.17 bits per heavy atom. The van der Waals surface area contributed by atoms with E-state index in [0.29, 0.717) is 0 Å². The Balaban J connectivity index is 4.07. The zero-order chi connectivity index (χ0) is 14.1.